The number of esters is 1. The van der Waals surface area contributed by atoms with Crippen LogP contribution in [0.25, 0.3) is 0 Å². The molecule has 0 unspecified atom stereocenters. The summed E-state index contributed by atoms with van der Waals surface area (Å²) in [5.74, 6) is 0.0781. The van der Waals surface area contributed by atoms with Crippen molar-refractivity contribution >= 4 is 17.7 Å². The SMILES string of the molecule is COC(=O)[C@@H]1C[C@H]2C=C[C@@H]1S2. The van der Waals surface area contributed by atoms with Crippen molar-refractivity contribution in [2.45, 2.75) is 16.9 Å². The molecular weight excluding hydrogens is 160 g/mol. The summed E-state index contributed by atoms with van der Waals surface area (Å²) in [6.45, 7) is 0. The largest absolute Gasteiger partial charge is 0.469 e. The summed E-state index contributed by atoms with van der Waals surface area (Å²) in [4.78, 5) is 11.1. The van der Waals surface area contributed by atoms with E-state index in [4.69, 9.17) is 4.74 Å². The van der Waals surface area contributed by atoms with Gasteiger partial charge in [-0.1, -0.05) is 12.2 Å². The number of hydrogen-bond donors (Lipinski definition) is 0. The zero-order valence-electron chi connectivity index (χ0n) is 6.32. The second kappa shape index (κ2) is 2.55. The fourth-order valence-corrected chi connectivity index (χ4v) is 3.15. The molecule has 3 atom stereocenters. The van der Waals surface area contributed by atoms with Gasteiger partial charge in [-0.3, -0.25) is 4.79 Å². The molecule has 3 heteroatoms. The minimum Gasteiger partial charge on any atom is -0.469 e. The highest BCUT2D eigenvalue weighted by atomic mass is 32.2. The molecule has 0 saturated carbocycles. The molecule has 0 aromatic heterocycles. The fourth-order valence-electron chi connectivity index (χ4n) is 1.66. The van der Waals surface area contributed by atoms with Gasteiger partial charge < -0.3 is 4.74 Å². The van der Waals surface area contributed by atoms with Crippen molar-refractivity contribution in [3.63, 3.8) is 0 Å². The molecule has 2 rings (SSSR count). The van der Waals surface area contributed by atoms with Crippen molar-refractivity contribution in [2.75, 3.05) is 7.11 Å². The lowest BCUT2D eigenvalue weighted by molar-refractivity contribution is -0.145. The number of hydrogen-bond acceptors (Lipinski definition) is 3. The standard InChI is InChI=1S/C8H10O2S/c1-10-8(9)6-4-5-2-3-7(6)11-5/h2-3,5-7H,4H2,1H3/t5-,6-,7+/m1/s1. The van der Waals surface area contributed by atoms with Gasteiger partial charge in [0, 0.05) is 10.5 Å². The van der Waals surface area contributed by atoms with Gasteiger partial charge in [-0.05, 0) is 6.42 Å². The third kappa shape index (κ3) is 1.07. The van der Waals surface area contributed by atoms with Crippen LogP contribution in [0.5, 0.6) is 0 Å². The molecule has 0 spiro atoms. The minimum atomic E-state index is -0.0469. The van der Waals surface area contributed by atoms with E-state index in [1.165, 1.54) is 7.11 Å². The summed E-state index contributed by atoms with van der Waals surface area (Å²) in [6, 6.07) is 0. The van der Waals surface area contributed by atoms with Gasteiger partial charge in [0.2, 0.25) is 0 Å². The monoisotopic (exact) mass is 170 g/mol. The molecule has 11 heavy (non-hydrogen) atoms. The highest BCUT2D eigenvalue weighted by Gasteiger charge is 2.41. The number of fused-ring (bicyclic) bond motifs is 2. The predicted octanol–water partition coefficient (Wildman–Crippen LogP) is 1.22. The lowest BCUT2D eigenvalue weighted by atomic mass is 9.95. The Morgan fingerprint density at radius 2 is 2.45 bits per heavy atom. The average molecular weight is 170 g/mol. The van der Waals surface area contributed by atoms with Crippen molar-refractivity contribution in [2.24, 2.45) is 5.92 Å². The van der Waals surface area contributed by atoms with Crippen LogP contribution in [0.2, 0.25) is 0 Å². The molecule has 0 N–H and O–H groups in total. The number of methoxy groups -OCH3 is 1. The van der Waals surface area contributed by atoms with Crippen LogP contribution in [0.4, 0.5) is 0 Å². The summed E-state index contributed by atoms with van der Waals surface area (Å²) in [7, 11) is 1.46. The van der Waals surface area contributed by atoms with Crippen LogP contribution in [0.15, 0.2) is 12.2 Å². The molecule has 60 valence electrons. The maximum absolute atomic E-state index is 11.1. The topological polar surface area (TPSA) is 26.3 Å². The average Bonchev–Trinajstić information content (AvgIpc) is 2.62. The summed E-state index contributed by atoms with van der Waals surface area (Å²) in [5, 5.41) is 0.969. The van der Waals surface area contributed by atoms with Crippen LogP contribution < -0.4 is 0 Å². The maximum atomic E-state index is 11.1. The minimum absolute atomic E-state index is 0.0469. The van der Waals surface area contributed by atoms with Gasteiger partial charge in [-0.25, -0.2) is 0 Å². The van der Waals surface area contributed by atoms with E-state index in [1.54, 1.807) is 0 Å². The van der Waals surface area contributed by atoms with Crippen LogP contribution in [0.1, 0.15) is 6.42 Å². The van der Waals surface area contributed by atoms with Gasteiger partial charge in [0.05, 0.1) is 13.0 Å². The number of thioether (sulfide) groups is 1. The lowest BCUT2D eigenvalue weighted by Gasteiger charge is -2.12. The second-order valence-corrected chi connectivity index (χ2v) is 4.31. The summed E-state index contributed by atoms with van der Waals surface area (Å²) < 4.78 is 4.70. The Hall–Kier alpha value is -0.440. The first-order valence-corrected chi connectivity index (χ1v) is 4.67. The van der Waals surface area contributed by atoms with E-state index < -0.39 is 0 Å². The van der Waals surface area contributed by atoms with Crippen molar-refractivity contribution in [1.82, 2.24) is 0 Å². The molecule has 0 amide bonds. The molecule has 1 fully saturated rings. The van der Waals surface area contributed by atoms with E-state index in [9.17, 15) is 4.79 Å². The first kappa shape index (κ1) is 7.22. The van der Waals surface area contributed by atoms with E-state index in [0.29, 0.717) is 10.5 Å². The van der Waals surface area contributed by atoms with Crippen molar-refractivity contribution in [1.29, 1.82) is 0 Å². The fraction of sp³-hybridized carbons (Fsp3) is 0.625. The zero-order valence-corrected chi connectivity index (χ0v) is 7.14. The van der Waals surface area contributed by atoms with Gasteiger partial charge >= 0.3 is 5.97 Å². The lowest BCUT2D eigenvalue weighted by Crippen LogP contribution is -2.23. The van der Waals surface area contributed by atoms with E-state index in [1.807, 2.05) is 11.8 Å². The highest BCUT2D eigenvalue weighted by molar-refractivity contribution is 8.01. The number of rotatable bonds is 1. The predicted molar refractivity (Wildman–Crippen MR) is 44.4 cm³/mol. The van der Waals surface area contributed by atoms with Gasteiger partial charge in [0.15, 0.2) is 0 Å². The molecule has 2 nitrogen and oxygen atoms in total. The first-order chi connectivity index (χ1) is 5.31. The Kier molecular flexibility index (Phi) is 1.68. The molecule has 0 aliphatic carbocycles. The van der Waals surface area contributed by atoms with Crippen molar-refractivity contribution in [3.8, 4) is 0 Å². The van der Waals surface area contributed by atoms with Crippen LogP contribution >= 0.6 is 11.8 Å². The van der Waals surface area contributed by atoms with Crippen LogP contribution in [0.3, 0.4) is 0 Å². The molecule has 2 aliphatic rings. The quantitative estimate of drug-likeness (QED) is 0.437. The summed E-state index contributed by atoms with van der Waals surface area (Å²) in [6.07, 6.45) is 5.29. The molecule has 0 aromatic carbocycles. The Bertz CT molecular complexity index is 212. The van der Waals surface area contributed by atoms with Crippen LogP contribution in [-0.2, 0) is 9.53 Å². The molecule has 2 bridgehead atoms. The Balaban J connectivity index is 2.08. The Morgan fingerprint density at radius 1 is 1.64 bits per heavy atom. The number of ether oxygens (including phenoxy) is 1. The summed E-state index contributed by atoms with van der Waals surface area (Å²) >= 11 is 1.87. The zero-order chi connectivity index (χ0) is 7.84. The van der Waals surface area contributed by atoms with Gasteiger partial charge in [0.25, 0.3) is 0 Å². The molecule has 0 radical (unpaired) electrons. The molecule has 2 aliphatic heterocycles. The number of carbonyl (C=O) groups is 1. The van der Waals surface area contributed by atoms with E-state index in [2.05, 4.69) is 12.2 Å². The van der Waals surface area contributed by atoms with Gasteiger partial charge in [0.1, 0.15) is 0 Å². The Morgan fingerprint density at radius 3 is 2.91 bits per heavy atom. The van der Waals surface area contributed by atoms with Gasteiger partial charge in [-0.15, -0.1) is 11.8 Å². The van der Waals surface area contributed by atoms with Crippen LogP contribution in [-0.4, -0.2) is 23.6 Å². The number of carbonyl (C=O) groups excluding carboxylic acids is 1. The third-order valence-corrected chi connectivity index (χ3v) is 3.73. The molecule has 2 heterocycles. The second-order valence-electron chi connectivity index (χ2n) is 2.89. The van der Waals surface area contributed by atoms with Gasteiger partial charge in [-0.2, -0.15) is 0 Å². The Labute approximate surface area is 70.0 Å². The van der Waals surface area contributed by atoms with Crippen molar-refractivity contribution in [3.05, 3.63) is 12.2 Å². The van der Waals surface area contributed by atoms with Crippen molar-refractivity contribution < 1.29 is 9.53 Å². The first-order valence-electron chi connectivity index (χ1n) is 3.73. The summed E-state index contributed by atoms with van der Waals surface area (Å²) in [5.41, 5.74) is 0. The van der Waals surface area contributed by atoms with E-state index in [-0.39, 0.29) is 11.9 Å². The molecule has 0 aromatic rings. The van der Waals surface area contributed by atoms with E-state index >= 15 is 0 Å². The highest BCUT2D eigenvalue weighted by Crippen LogP contribution is 2.45. The third-order valence-electron chi connectivity index (χ3n) is 2.23. The maximum Gasteiger partial charge on any atom is 0.310 e. The van der Waals surface area contributed by atoms with E-state index in [0.717, 1.165) is 6.42 Å². The molecular formula is C8H10O2S. The normalized spacial score (nSPS) is 39.5. The van der Waals surface area contributed by atoms with Crippen LogP contribution in [0, 0.1) is 5.92 Å². The molecule has 1 saturated heterocycles. The smallest absolute Gasteiger partial charge is 0.310 e.